The SMILES string of the molecule is COc1ccccc1Oc1ccc(NC(=O)[C@@H]2CCC[C@@H]2CN)cc1F. The van der Waals surface area contributed by atoms with Crippen LogP contribution >= 0.6 is 0 Å². The molecule has 2 atom stereocenters. The Kier molecular flexibility index (Phi) is 5.73. The maximum Gasteiger partial charge on any atom is 0.227 e. The maximum absolute atomic E-state index is 14.4. The predicted molar refractivity (Wildman–Crippen MR) is 98.0 cm³/mol. The molecule has 3 N–H and O–H groups in total. The number of carbonyl (C=O) groups excluding carboxylic acids is 1. The van der Waals surface area contributed by atoms with Crippen molar-refractivity contribution in [2.75, 3.05) is 19.0 Å². The second-order valence-electron chi connectivity index (χ2n) is 6.42. The molecule has 0 bridgehead atoms. The molecule has 6 heteroatoms. The Morgan fingerprint density at radius 3 is 2.65 bits per heavy atom. The van der Waals surface area contributed by atoms with Crippen LogP contribution in [0.3, 0.4) is 0 Å². The standard InChI is InChI=1S/C20H23FN2O3/c1-25-18-7-2-3-8-19(18)26-17-10-9-14(11-16(17)21)23-20(24)15-6-4-5-13(15)12-22/h2-3,7-11,13,15H,4-6,12,22H2,1H3,(H,23,24)/t13-,15-/m1/s1. The molecular formula is C20H23FN2O3. The third kappa shape index (κ3) is 3.96. The molecule has 1 amide bonds. The summed E-state index contributed by atoms with van der Waals surface area (Å²) in [6.45, 7) is 0.498. The molecule has 138 valence electrons. The van der Waals surface area contributed by atoms with Crippen LogP contribution in [0.25, 0.3) is 0 Å². The van der Waals surface area contributed by atoms with Crippen LogP contribution in [0.15, 0.2) is 42.5 Å². The summed E-state index contributed by atoms with van der Waals surface area (Å²) in [4.78, 5) is 12.4. The van der Waals surface area contributed by atoms with Crippen molar-refractivity contribution in [1.82, 2.24) is 0 Å². The van der Waals surface area contributed by atoms with Gasteiger partial charge in [0.25, 0.3) is 0 Å². The number of hydrogen-bond acceptors (Lipinski definition) is 4. The number of anilines is 1. The molecule has 1 aliphatic carbocycles. The Hall–Kier alpha value is -2.60. The van der Waals surface area contributed by atoms with E-state index in [0.717, 1.165) is 19.3 Å². The van der Waals surface area contributed by atoms with Crippen LogP contribution in [0, 0.1) is 17.7 Å². The van der Waals surface area contributed by atoms with Gasteiger partial charge >= 0.3 is 0 Å². The van der Waals surface area contributed by atoms with E-state index in [0.29, 0.717) is 23.7 Å². The van der Waals surface area contributed by atoms with Crippen molar-refractivity contribution in [2.24, 2.45) is 17.6 Å². The van der Waals surface area contributed by atoms with Crippen LogP contribution < -0.4 is 20.5 Å². The quantitative estimate of drug-likeness (QED) is 0.820. The van der Waals surface area contributed by atoms with E-state index >= 15 is 0 Å². The summed E-state index contributed by atoms with van der Waals surface area (Å²) in [5.74, 6) is 0.431. The highest BCUT2D eigenvalue weighted by atomic mass is 19.1. The topological polar surface area (TPSA) is 73.6 Å². The molecule has 1 saturated carbocycles. The minimum atomic E-state index is -0.560. The third-order valence-electron chi connectivity index (χ3n) is 4.79. The normalized spacial score (nSPS) is 19.2. The number of methoxy groups -OCH3 is 1. The first-order valence-corrected chi connectivity index (χ1v) is 8.73. The largest absolute Gasteiger partial charge is 0.493 e. The number of hydrogen-bond donors (Lipinski definition) is 2. The second kappa shape index (κ2) is 8.19. The van der Waals surface area contributed by atoms with Crippen LogP contribution in [0.1, 0.15) is 19.3 Å². The first-order valence-electron chi connectivity index (χ1n) is 8.73. The molecule has 2 aromatic rings. The summed E-state index contributed by atoms with van der Waals surface area (Å²) in [5, 5.41) is 2.79. The van der Waals surface area contributed by atoms with Gasteiger partial charge in [-0.15, -0.1) is 0 Å². The monoisotopic (exact) mass is 358 g/mol. The molecule has 0 radical (unpaired) electrons. The fraction of sp³-hybridized carbons (Fsp3) is 0.350. The average Bonchev–Trinajstić information content (AvgIpc) is 3.13. The molecule has 0 saturated heterocycles. The van der Waals surface area contributed by atoms with Gasteiger partial charge in [-0.05, 0) is 49.6 Å². The fourth-order valence-corrected chi connectivity index (χ4v) is 3.38. The van der Waals surface area contributed by atoms with Gasteiger partial charge in [0.2, 0.25) is 5.91 Å². The van der Waals surface area contributed by atoms with E-state index in [2.05, 4.69) is 5.32 Å². The summed E-state index contributed by atoms with van der Waals surface area (Å²) in [6.07, 6.45) is 2.79. The number of nitrogens with two attached hydrogens (primary N) is 1. The van der Waals surface area contributed by atoms with Gasteiger partial charge in [-0.3, -0.25) is 4.79 Å². The first-order chi connectivity index (χ1) is 12.6. The number of halogens is 1. The van der Waals surface area contributed by atoms with Crippen molar-refractivity contribution in [3.63, 3.8) is 0 Å². The van der Waals surface area contributed by atoms with Crippen molar-refractivity contribution >= 4 is 11.6 Å². The Labute approximate surface area is 152 Å². The van der Waals surface area contributed by atoms with Crippen molar-refractivity contribution in [3.05, 3.63) is 48.3 Å². The molecule has 0 aliphatic heterocycles. The molecule has 2 aromatic carbocycles. The number of para-hydroxylation sites is 2. The number of benzene rings is 2. The average molecular weight is 358 g/mol. The number of amides is 1. The molecule has 0 heterocycles. The van der Waals surface area contributed by atoms with Gasteiger partial charge in [0.1, 0.15) is 0 Å². The first kappa shape index (κ1) is 18.2. The van der Waals surface area contributed by atoms with E-state index < -0.39 is 5.82 Å². The van der Waals surface area contributed by atoms with Gasteiger partial charge in [-0.2, -0.15) is 0 Å². The Morgan fingerprint density at radius 2 is 1.96 bits per heavy atom. The van der Waals surface area contributed by atoms with Crippen molar-refractivity contribution in [3.8, 4) is 17.2 Å². The lowest BCUT2D eigenvalue weighted by Crippen LogP contribution is -2.29. The van der Waals surface area contributed by atoms with E-state index in [1.807, 2.05) is 0 Å². The van der Waals surface area contributed by atoms with Crippen molar-refractivity contribution < 1.29 is 18.7 Å². The molecule has 1 fully saturated rings. The zero-order valence-electron chi connectivity index (χ0n) is 14.7. The zero-order chi connectivity index (χ0) is 18.5. The highest BCUT2D eigenvalue weighted by Gasteiger charge is 2.32. The lowest BCUT2D eigenvalue weighted by molar-refractivity contribution is -0.120. The number of ether oxygens (including phenoxy) is 2. The van der Waals surface area contributed by atoms with Crippen LogP contribution in [0.4, 0.5) is 10.1 Å². The fourth-order valence-electron chi connectivity index (χ4n) is 3.38. The minimum Gasteiger partial charge on any atom is -0.493 e. The molecule has 0 unspecified atom stereocenters. The summed E-state index contributed by atoms with van der Waals surface area (Å²) < 4.78 is 25.2. The van der Waals surface area contributed by atoms with Gasteiger partial charge < -0.3 is 20.5 Å². The lowest BCUT2D eigenvalue weighted by atomic mass is 9.95. The molecule has 5 nitrogen and oxygen atoms in total. The highest BCUT2D eigenvalue weighted by Crippen LogP contribution is 2.34. The molecule has 0 spiro atoms. The Morgan fingerprint density at radius 1 is 1.19 bits per heavy atom. The van der Waals surface area contributed by atoms with Gasteiger partial charge in [-0.1, -0.05) is 18.6 Å². The Bertz CT molecular complexity index is 781. The molecule has 0 aromatic heterocycles. The van der Waals surface area contributed by atoms with Crippen LogP contribution in [-0.4, -0.2) is 19.6 Å². The zero-order valence-corrected chi connectivity index (χ0v) is 14.7. The third-order valence-corrected chi connectivity index (χ3v) is 4.79. The summed E-state index contributed by atoms with van der Waals surface area (Å²) >= 11 is 0. The second-order valence-corrected chi connectivity index (χ2v) is 6.42. The molecule has 1 aliphatic rings. The van der Waals surface area contributed by atoms with Gasteiger partial charge in [0, 0.05) is 17.7 Å². The van der Waals surface area contributed by atoms with E-state index in [-0.39, 0.29) is 23.5 Å². The maximum atomic E-state index is 14.4. The van der Waals surface area contributed by atoms with Gasteiger partial charge in [-0.25, -0.2) is 4.39 Å². The van der Waals surface area contributed by atoms with Crippen molar-refractivity contribution in [1.29, 1.82) is 0 Å². The Balaban J connectivity index is 1.70. The van der Waals surface area contributed by atoms with E-state index in [1.54, 1.807) is 30.3 Å². The smallest absolute Gasteiger partial charge is 0.227 e. The summed E-state index contributed by atoms with van der Waals surface area (Å²) in [6, 6.07) is 11.4. The molecular weight excluding hydrogens is 335 g/mol. The predicted octanol–water partition coefficient (Wildman–Crippen LogP) is 3.94. The van der Waals surface area contributed by atoms with E-state index in [9.17, 15) is 9.18 Å². The summed E-state index contributed by atoms with van der Waals surface area (Å²) in [5.41, 5.74) is 6.13. The molecule has 3 rings (SSSR count). The minimum absolute atomic E-state index is 0.0631. The van der Waals surface area contributed by atoms with E-state index in [4.69, 9.17) is 15.2 Å². The number of carbonyl (C=O) groups is 1. The van der Waals surface area contributed by atoms with E-state index in [1.165, 1.54) is 19.2 Å². The van der Waals surface area contributed by atoms with Gasteiger partial charge in [0.15, 0.2) is 23.1 Å². The van der Waals surface area contributed by atoms with Crippen molar-refractivity contribution in [2.45, 2.75) is 19.3 Å². The molecule has 26 heavy (non-hydrogen) atoms. The van der Waals surface area contributed by atoms with Crippen LogP contribution in [0.5, 0.6) is 17.2 Å². The number of nitrogens with one attached hydrogen (secondary N) is 1. The number of rotatable bonds is 6. The highest BCUT2D eigenvalue weighted by molar-refractivity contribution is 5.93. The summed E-state index contributed by atoms with van der Waals surface area (Å²) in [7, 11) is 1.52. The van der Waals surface area contributed by atoms with Crippen LogP contribution in [-0.2, 0) is 4.79 Å². The van der Waals surface area contributed by atoms with Gasteiger partial charge in [0.05, 0.1) is 7.11 Å². The van der Waals surface area contributed by atoms with Crippen LogP contribution in [0.2, 0.25) is 0 Å². The lowest BCUT2D eigenvalue weighted by Gasteiger charge is -2.17.